The number of carbonyl (C=O) groups excluding carboxylic acids is 1. The first kappa shape index (κ1) is 16.5. The molecule has 0 radical (unpaired) electrons. The van der Waals surface area contributed by atoms with Gasteiger partial charge in [0.25, 0.3) is 0 Å². The Bertz CT molecular complexity index is 488. The molecule has 21 heavy (non-hydrogen) atoms. The fraction of sp³-hybridized carbons (Fsp3) is 0.750. The van der Waals surface area contributed by atoms with Crippen molar-refractivity contribution in [1.29, 1.82) is 0 Å². The number of halogens is 1. The molecule has 1 saturated heterocycles. The first-order valence-corrected chi connectivity index (χ1v) is 8.37. The number of aryl methyl sites for hydroxylation is 1. The molecular weight excluding hydrogens is 286 g/mol. The van der Waals surface area contributed by atoms with E-state index in [0.717, 1.165) is 26.1 Å². The van der Waals surface area contributed by atoms with Gasteiger partial charge in [-0.05, 0) is 46.2 Å². The molecule has 4 nitrogen and oxygen atoms in total. The molecule has 1 fully saturated rings. The molecule has 0 amide bonds. The average molecular weight is 312 g/mol. The molecule has 1 aliphatic rings. The molecule has 1 aliphatic heterocycles. The highest BCUT2D eigenvalue weighted by Crippen LogP contribution is 2.27. The molecule has 0 bridgehead atoms. The van der Waals surface area contributed by atoms with Crippen LogP contribution in [0.5, 0.6) is 0 Å². The normalized spacial score (nSPS) is 17.7. The standard InChI is InChI=1S/C16H26ClN3O/c1-4-9-20-14(13(17)12-18-20)15(21)16(2,3)19-10-7-5-6-8-11-19/h12H,4-11H2,1-3H3. The van der Waals surface area contributed by atoms with Crippen molar-refractivity contribution in [2.45, 2.75) is 65.0 Å². The van der Waals surface area contributed by atoms with Gasteiger partial charge in [-0.2, -0.15) is 5.10 Å². The molecule has 0 saturated carbocycles. The van der Waals surface area contributed by atoms with Gasteiger partial charge < -0.3 is 0 Å². The van der Waals surface area contributed by atoms with Gasteiger partial charge in [0.1, 0.15) is 5.69 Å². The minimum atomic E-state index is -0.528. The Hall–Kier alpha value is -0.870. The zero-order valence-corrected chi connectivity index (χ0v) is 14.1. The maximum atomic E-state index is 13.1. The van der Waals surface area contributed by atoms with Crippen LogP contribution < -0.4 is 0 Å². The summed E-state index contributed by atoms with van der Waals surface area (Å²) in [5.41, 5.74) is 0.0345. The Morgan fingerprint density at radius 1 is 1.29 bits per heavy atom. The molecule has 0 N–H and O–H groups in total. The van der Waals surface area contributed by atoms with Crippen molar-refractivity contribution >= 4 is 17.4 Å². The quantitative estimate of drug-likeness (QED) is 0.777. The molecule has 1 aromatic rings. The van der Waals surface area contributed by atoms with Crippen LogP contribution in [0.3, 0.4) is 0 Å². The number of carbonyl (C=O) groups is 1. The van der Waals surface area contributed by atoms with Gasteiger partial charge in [0.05, 0.1) is 16.8 Å². The van der Waals surface area contributed by atoms with Gasteiger partial charge in [0.2, 0.25) is 5.78 Å². The molecule has 0 spiro atoms. The number of nitrogens with zero attached hydrogens (tertiary/aromatic N) is 3. The number of hydrogen-bond acceptors (Lipinski definition) is 3. The smallest absolute Gasteiger partial charge is 0.201 e. The summed E-state index contributed by atoms with van der Waals surface area (Å²) in [7, 11) is 0. The van der Waals surface area contributed by atoms with Crippen molar-refractivity contribution in [1.82, 2.24) is 14.7 Å². The molecular formula is C16H26ClN3O. The predicted molar refractivity (Wildman–Crippen MR) is 86.0 cm³/mol. The minimum absolute atomic E-state index is 0.0837. The average Bonchev–Trinajstić information content (AvgIpc) is 2.68. The van der Waals surface area contributed by atoms with Crippen LogP contribution in [0.25, 0.3) is 0 Å². The van der Waals surface area contributed by atoms with Crippen LogP contribution >= 0.6 is 11.6 Å². The zero-order chi connectivity index (χ0) is 15.5. The Morgan fingerprint density at radius 3 is 2.48 bits per heavy atom. The summed E-state index contributed by atoms with van der Waals surface area (Å²) in [6, 6.07) is 0. The van der Waals surface area contributed by atoms with Gasteiger partial charge in [-0.3, -0.25) is 14.4 Å². The third-order valence-corrected chi connectivity index (χ3v) is 4.67. The third kappa shape index (κ3) is 3.49. The largest absolute Gasteiger partial charge is 0.291 e. The number of hydrogen-bond donors (Lipinski definition) is 0. The summed E-state index contributed by atoms with van der Waals surface area (Å²) < 4.78 is 1.75. The minimum Gasteiger partial charge on any atom is -0.291 e. The van der Waals surface area contributed by atoms with E-state index in [-0.39, 0.29) is 5.78 Å². The lowest BCUT2D eigenvalue weighted by Crippen LogP contribution is -2.51. The van der Waals surface area contributed by atoms with Crippen molar-refractivity contribution in [3.8, 4) is 0 Å². The summed E-state index contributed by atoms with van der Waals surface area (Å²) in [5, 5.41) is 4.72. The molecule has 1 aromatic heterocycles. The molecule has 5 heteroatoms. The molecule has 0 atom stereocenters. The van der Waals surface area contributed by atoms with E-state index in [9.17, 15) is 4.79 Å². The van der Waals surface area contributed by atoms with E-state index in [2.05, 4.69) is 16.9 Å². The fourth-order valence-corrected chi connectivity index (χ4v) is 3.26. The topological polar surface area (TPSA) is 38.1 Å². The molecule has 0 unspecified atom stereocenters. The van der Waals surface area contributed by atoms with E-state index in [1.165, 1.54) is 25.7 Å². The van der Waals surface area contributed by atoms with Crippen LogP contribution in [0.2, 0.25) is 5.02 Å². The summed E-state index contributed by atoms with van der Waals surface area (Å²) in [5.74, 6) is 0.0837. The van der Waals surface area contributed by atoms with E-state index < -0.39 is 5.54 Å². The Balaban J connectivity index is 2.26. The number of Topliss-reactive ketones (excluding diaryl/α,β-unsaturated/α-hetero) is 1. The van der Waals surface area contributed by atoms with Crippen LogP contribution in [0.1, 0.15) is 63.4 Å². The van der Waals surface area contributed by atoms with E-state index >= 15 is 0 Å². The van der Waals surface area contributed by atoms with E-state index in [4.69, 9.17) is 11.6 Å². The number of aromatic nitrogens is 2. The van der Waals surface area contributed by atoms with Gasteiger partial charge in [-0.15, -0.1) is 0 Å². The molecule has 0 aliphatic carbocycles. The second kappa shape index (κ2) is 6.93. The lowest BCUT2D eigenvalue weighted by molar-refractivity contribution is 0.0638. The van der Waals surface area contributed by atoms with Crippen LogP contribution in [0, 0.1) is 0 Å². The summed E-state index contributed by atoms with van der Waals surface area (Å²) >= 11 is 6.23. The van der Waals surface area contributed by atoms with E-state index in [0.29, 0.717) is 10.7 Å². The Kier molecular flexibility index (Phi) is 5.44. The molecule has 0 aromatic carbocycles. The number of rotatable bonds is 5. The van der Waals surface area contributed by atoms with Crippen LogP contribution in [0.15, 0.2) is 6.20 Å². The van der Waals surface area contributed by atoms with Crippen molar-refractivity contribution in [2.75, 3.05) is 13.1 Å². The third-order valence-electron chi connectivity index (χ3n) is 4.40. The highest BCUT2D eigenvalue weighted by molar-refractivity contribution is 6.34. The van der Waals surface area contributed by atoms with E-state index in [1.54, 1.807) is 10.9 Å². The van der Waals surface area contributed by atoms with Crippen molar-refractivity contribution in [3.63, 3.8) is 0 Å². The number of ketones is 1. The maximum absolute atomic E-state index is 13.1. The van der Waals surface area contributed by atoms with Crippen LogP contribution in [-0.4, -0.2) is 39.1 Å². The summed E-state index contributed by atoms with van der Waals surface area (Å²) in [6.45, 7) is 8.80. The first-order chi connectivity index (χ1) is 9.98. The number of likely N-dealkylation sites (tertiary alicyclic amines) is 1. The lowest BCUT2D eigenvalue weighted by Gasteiger charge is -2.36. The monoisotopic (exact) mass is 311 g/mol. The predicted octanol–water partition coefficient (Wildman–Crippen LogP) is 3.78. The highest BCUT2D eigenvalue weighted by Gasteiger charge is 2.38. The molecule has 2 heterocycles. The molecule has 118 valence electrons. The maximum Gasteiger partial charge on any atom is 0.201 e. The first-order valence-electron chi connectivity index (χ1n) is 7.99. The van der Waals surface area contributed by atoms with Gasteiger partial charge >= 0.3 is 0 Å². The molecule has 2 rings (SSSR count). The fourth-order valence-electron chi connectivity index (χ4n) is 3.03. The van der Waals surface area contributed by atoms with E-state index in [1.807, 2.05) is 13.8 Å². The van der Waals surface area contributed by atoms with Crippen molar-refractivity contribution < 1.29 is 4.79 Å². The van der Waals surface area contributed by atoms with Gasteiger partial charge in [0.15, 0.2) is 0 Å². The second-order valence-corrected chi connectivity index (χ2v) is 6.76. The highest BCUT2D eigenvalue weighted by atomic mass is 35.5. The van der Waals surface area contributed by atoms with Gasteiger partial charge in [0, 0.05) is 6.54 Å². The van der Waals surface area contributed by atoms with Crippen LogP contribution in [-0.2, 0) is 6.54 Å². The second-order valence-electron chi connectivity index (χ2n) is 6.35. The Morgan fingerprint density at radius 2 is 1.90 bits per heavy atom. The van der Waals surface area contributed by atoms with Gasteiger partial charge in [-0.1, -0.05) is 31.4 Å². The van der Waals surface area contributed by atoms with Crippen molar-refractivity contribution in [2.24, 2.45) is 0 Å². The van der Waals surface area contributed by atoms with Crippen LogP contribution in [0.4, 0.5) is 0 Å². The zero-order valence-electron chi connectivity index (χ0n) is 13.4. The summed E-state index contributed by atoms with van der Waals surface area (Å²) in [4.78, 5) is 15.4. The Labute approximate surface area is 132 Å². The van der Waals surface area contributed by atoms with Crippen molar-refractivity contribution in [3.05, 3.63) is 16.9 Å². The SMILES string of the molecule is CCCn1ncc(Cl)c1C(=O)C(C)(C)N1CCCCCC1. The van der Waals surface area contributed by atoms with Gasteiger partial charge in [-0.25, -0.2) is 0 Å². The summed E-state index contributed by atoms with van der Waals surface area (Å²) in [6.07, 6.45) is 7.37. The lowest BCUT2D eigenvalue weighted by atomic mass is 9.93.